The van der Waals surface area contributed by atoms with Crippen LogP contribution in [0.25, 0.3) is 31.6 Å². The van der Waals surface area contributed by atoms with Crippen molar-refractivity contribution < 1.29 is 14.3 Å². The van der Waals surface area contributed by atoms with Gasteiger partial charge in [-0.25, -0.2) is 9.97 Å². The number of rotatable bonds is 9. The number of methoxy groups -OCH3 is 2. The van der Waals surface area contributed by atoms with Gasteiger partial charge in [-0.1, -0.05) is 12.1 Å². The van der Waals surface area contributed by atoms with Crippen LogP contribution in [0.3, 0.4) is 0 Å². The number of likely N-dealkylation sites (tertiary alicyclic amines) is 1. The highest BCUT2D eigenvalue weighted by atomic mass is 32.1. The number of amides is 1. The number of fused-ring (bicyclic) bond motifs is 2. The molecule has 9 nitrogen and oxygen atoms in total. The summed E-state index contributed by atoms with van der Waals surface area (Å²) in [5, 5.41) is 1.98. The van der Waals surface area contributed by atoms with Crippen molar-refractivity contribution in [3.8, 4) is 16.2 Å². The first kappa shape index (κ1) is 26.1. The Kier molecular flexibility index (Phi) is 7.64. The number of ether oxygens (including phenoxy) is 2. The lowest BCUT2D eigenvalue weighted by atomic mass is 10.1. The third-order valence-electron chi connectivity index (χ3n) is 7.07. The Morgan fingerprint density at radius 3 is 2.92 bits per heavy atom. The highest BCUT2D eigenvalue weighted by Gasteiger charge is 2.29. The van der Waals surface area contributed by atoms with Crippen LogP contribution in [0.2, 0.25) is 0 Å². The fourth-order valence-electron chi connectivity index (χ4n) is 5.07. The van der Waals surface area contributed by atoms with Gasteiger partial charge in [0.1, 0.15) is 23.5 Å². The maximum Gasteiger partial charge on any atom is 0.246 e. The second-order valence-electron chi connectivity index (χ2n) is 9.79. The molecule has 4 heterocycles. The van der Waals surface area contributed by atoms with E-state index in [1.165, 1.54) is 6.33 Å². The van der Waals surface area contributed by atoms with Gasteiger partial charge in [-0.2, -0.15) is 0 Å². The van der Waals surface area contributed by atoms with E-state index < -0.39 is 0 Å². The summed E-state index contributed by atoms with van der Waals surface area (Å²) in [6, 6.07) is 6.51. The number of nitrogen functional groups attached to an aromatic ring is 1. The van der Waals surface area contributed by atoms with E-state index in [0.717, 1.165) is 55.8 Å². The molecule has 1 aliphatic rings. The van der Waals surface area contributed by atoms with Gasteiger partial charge < -0.3 is 29.6 Å². The first-order chi connectivity index (χ1) is 18.4. The molecule has 1 saturated heterocycles. The standard InChI is InChI=1S/C28H34N6O3S/c1-18-12-19-14-23(38-26(19)22(13-18)37-4)21-16-34(28-25(21)27(29)30-17-31-28)20-7-9-33(15-20)24(35)6-5-8-32(2)10-11-36-3/h5-6,12-14,16-17,20H,7-11,15H2,1-4H3,(H2,29,30,31)/b6-5+. The Hall–Kier alpha value is -3.47. The van der Waals surface area contributed by atoms with Crippen LogP contribution in [0, 0.1) is 6.92 Å². The number of nitrogens with zero attached hydrogens (tertiary/aromatic N) is 5. The molecule has 5 rings (SSSR count). The Morgan fingerprint density at radius 1 is 1.29 bits per heavy atom. The number of nitrogens with two attached hydrogens (primary N) is 1. The largest absolute Gasteiger partial charge is 0.495 e. The highest BCUT2D eigenvalue weighted by molar-refractivity contribution is 7.22. The fourth-order valence-corrected chi connectivity index (χ4v) is 6.22. The van der Waals surface area contributed by atoms with Gasteiger partial charge in [0.25, 0.3) is 0 Å². The lowest BCUT2D eigenvalue weighted by Gasteiger charge is -2.16. The van der Waals surface area contributed by atoms with E-state index >= 15 is 0 Å². The summed E-state index contributed by atoms with van der Waals surface area (Å²) in [7, 11) is 5.40. The van der Waals surface area contributed by atoms with Gasteiger partial charge >= 0.3 is 0 Å². The number of aromatic nitrogens is 3. The predicted octanol–water partition coefficient (Wildman–Crippen LogP) is 4.12. The molecule has 1 amide bonds. The molecular formula is C28H34N6O3S. The first-order valence-electron chi connectivity index (χ1n) is 12.7. The minimum Gasteiger partial charge on any atom is -0.495 e. The summed E-state index contributed by atoms with van der Waals surface area (Å²) in [5.41, 5.74) is 9.34. The summed E-state index contributed by atoms with van der Waals surface area (Å²) < 4.78 is 14.0. The number of aryl methyl sites for hydroxylation is 1. The Bertz CT molecular complexity index is 1490. The summed E-state index contributed by atoms with van der Waals surface area (Å²) >= 11 is 1.68. The van der Waals surface area contributed by atoms with Gasteiger partial charge in [-0.3, -0.25) is 4.79 Å². The molecule has 0 aliphatic carbocycles. The Morgan fingerprint density at radius 2 is 2.13 bits per heavy atom. The van der Waals surface area contributed by atoms with Crippen molar-refractivity contribution in [3.63, 3.8) is 0 Å². The molecule has 0 bridgehead atoms. The smallest absolute Gasteiger partial charge is 0.246 e. The number of hydrogen-bond acceptors (Lipinski definition) is 8. The third-order valence-corrected chi connectivity index (χ3v) is 8.27. The lowest BCUT2D eigenvalue weighted by Crippen LogP contribution is -2.28. The van der Waals surface area contributed by atoms with Gasteiger partial charge in [0, 0.05) is 56.0 Å². The SMILES string of the molecule is COCCN(C)C/C=C/C(=O)N1CCC(n2cc(-c3cc4cc(C)cc(OC)c4s3)c3c(N)ncnc32)C1. The van der Waals surface area contributed by atoms with Crippen molar-refractivity contribution in [1.29, 1.82) is 0 Å². The van der Waals surface area contributed by atoms with Crippen LogP contribution in [0.1, 0.15) is 18.0 Å². The van der Waals surface area contributed by atoms with Crippen LogP contribution in [-0.4, -0.2) is 84.3 Å². The average Bonchev–Trinajstić information content (AvgIpc) is 3.63. The van der Waals surface area contributed by atoms with Crippen molar-refractivity contribution in [2.45, 2.75) is 19.4 Å². The summed E-state index contributed by atoms with van der Waals surface area (Å²) in [4.78, 5) is 26.9. The number of carbonyl (C=O) groups excluding carboxylic acids is 1. The van der Waals surface area contributed by atoms with Gasteiger partial charge in [0.15, 0.2) is 0 Å². The molecule has 0 saturated carbocycles. The van der Waals surface area contributed by atoms with E-state index in [0.29, 0.717) is 32.1 Å². The number of benzene rings is 1. The molecule has 1 atom stereocenters. The van der Waals surface area contributed by atoms with Crippen LogP contribution in [-0.2, 0) is 9.53 Å². The molecule has 4 aromatic rings. The molecular weight excluding hydrogens is 500 g/mol. The van der Waals surface area contributed by atoms with Gasteiger partial charge in [0.2, 0.25) is 5.91 Å². The van der Waals surface area contributed by atoms with Crippen molar-refractivity contribution >= 4 is 44.2 Å². The van der Waals surface area contributed by atoms with E-state index in [-0.39, 0.29) is 11.9 Å². The maximum atomic E-state index is 12.9. The van der Waals surface area contributed by atoms with Gasteiger partial charge in [-0.15, -0.1) is 11.3 Å². The molecule has 38 heavy (non-hydrogen) atoms. The van der Waals surface area contributed by atoms with Crippen LogP contribution in [0.5, 0.6) is 5.75 Å². The van der Waals surface area contributed by atoms with E-state index in [1.807, 2.05) is 18.0 Å². The van der Waals surface area contributed by atoms with Crippen LogP contribution in [0.15, 0.2) is 42.9 Å². The van der Waals surface area contributed by atoms with Crippen molar-refractivity contribution in [2.75, 3.05) is 59.8 Å². The van der Waals surface area contributed by atoms with Crippen molar-refractivity contribution in [1.82, 2.24) is 24.3 Å². The Balaban J connectivity index is 1.41. The van der Waals surface area contributed by atoms with E-state index in [2.05, 4.69) is 50.8 Å². The minimum absolute atomic E-state index is 0.0328. The summed E-state index contributed by atoms with van der Waals surface area (Å²) in [6.07, 6.45) is 8.08. The fraction of sp³-hybridized carbons (Fsp3) is 0.393. The third kappa shape index (κ3) is 5.11. The molecule has 200 valence electrons. The lowest BCUT2D eigenvalue weighted by molar-refractivity contribution is -0.125. The van der Waals surface area contributed by atoms with Crippen LogP contribution in [0.4, 0.5) is 5.82 Å². The molecule has 1 unspecified atom stereocenters. The van der Waals surface area contributed by atoms with Gasteiger partial charge in [-0.05, 0) is 43.5 Å². The predicted molar refractivity (Wildman–Crippen MR) is 153 cm³/mol. The zero-order valence-corrected chi connectivity index (χ0v) is 23.1. The summed E-state index contributed by atoms with van der Waals surface area (Å²) in [5.74, 6) is 1.35. The van der Waals surface area contributed by atoms with Crippen molar-refractivity contribution in [2.24, 2.45) is 0 Å². The number of likely N-dealkylation sites (N-methyl/N-ethyl adjacent to an activating group) is 1. The zero-order valence-electron chi connectivity index (χ0n) is 22.3. The average molecular weight is 535 g/mol. The zero-order chi connectivity index (χ0) is 26.8. The summed E-state index contributed by atoms with van der Waals surface area (Å²) in [6.45, 7) is 5.58. The quantitative estimate of drug-likeness (QED) is 0.323. The number of anilines is 1. The number of hydrogen-bond donors (Lipinski definition) is 1. The molecule has 0 spiro atoms. The monoisotopic (exact) mass is 534 g/mol. The Labute approximate surface area is 226 Å². The maximum absolute atomic E-state index is 12.9. The molecule has 1 aromatic carbocycles. The van der Waals surface area contributed by atoms with Crippen LogP contribution >= 0.6 is 11.3 Å². The van der Waals surface area contributed by atoms with E-state index in [9.17, 15) is 4.79 Å². The van der Waals surface area contributed by atoms with E-state index in [4.69, 9.17) is 15.2 Å². The minimum atomic E-state index is 0.0328. The van der Waals surface area contributed by atoms with Gasteiger partial charge in [0.05, 0.1) is 29.8 Å². The molecule has 1 aliphatic heterocycles. The number of thiophene rings is 1. The highest BCUT2D eigenvalue weighted by Crippen LogP contribution is 2.43. The molecule has 10 heteroatoms. The van der Waals surface area contributed by atoms with E-state index in [1.54, 1.807) is 31.6 Å². The normalized spacial score (nSPS) is 16.0. The molecule has 2 N–H and O–H groups in total. The molecule has 0 radical (unpaired) electrons. The molecule has 1 fully saturated rings. The number of carbonyl (C=O) groups is 1. The first-order valence-corrected chi connectivity index (χ1v) is 13.5. The topological polar surface area (TPSA) is 98.7 Å². The second-order valence-corrected chi connectivity index (χ2v) is 10.8. The van der Waals surface area contributed by atoms with Crippen molar-refractivity contribution in [3.05, 3.63) is 48.4 Å². The molecule has 3 aromatic heterocycles. The second kappa shape index (κ2) is 11.1. The van der Waals surface area contributed by atoms with Crippen LogP contribution < -0.4 is 10.5 Å².